The Balaban J connectivity index is 1.64. The molecule has 1 aromatic carbocycles. The van der Waals surface area contributed by atoms with Crippen molar-refractivity contribution < 1.29 is 4.79 Å². The minimum Gasteiger partial charge on any atom is -0.322 e. The quantitative estimate of drug-likeness (QED) is 0.609. The number of nitrogens with zero attached hydrogens (tertiary/aromatic N) is 5. The van der Waals surface area contributed by atoms with Crippen LogP contribution in [0, 0.1) is 6.92 Å². The van der Waals surface area contributed by atoms with Gasteiger partial charge in [0.2, 0.25) is 5.91 Å². The predicted octanol–water partition coefficient (Wildman–Crippen LogP) is 1.45. The summed E-state index contributed by atoms with van der Waals surface area (Å²) in [6.45, 7) is 1.62. The average molecular weight is 340 g/mol. The molecular formula is C15H12N6O2S. The van der Waals surface area contributed by atoms with E-state index in [0.717, 1.165) is 27.4 Å². The molecule has 24 heavy (non-hydrogen) atoms. The number of nitrogens with one attached hydrogen (secondary N) is 1. The van der Waals surface area contributed by atoms with Gasteiger partial charge in [0.1, 0.15) is 17.6 Å². The number of hydrogen-bond donors (Lipinski definition) is 1. The summed E-state index contributed by atoms with van der Waals surface area (Å²) in [6.07, 6.45) is 1.66. The molecule has 0 saturated heterocycles. The number of aryl methyl sites for hydroxylation is 1. The topological polar surface area (TPSA) is 94.2 Å². The number of hydrogen-bond acceptors (Lipinski definition) is 6. The van der Waals surface area contributed by atoms with E-state index < -0.39 is 0 Å². The highest BCUT2D eigenvalue weighted by atomic mass is 32.1. The van der Waals surface area contributed by atoms with Gasteiger partial charge in [-0.3, -0.25) is 9.20 Å². The Morgan fingerprint density at radius 3 is 3.00 bits per heavy atom. The highest BCUT2D eigenvalue weighted by molar-refractivity contribution is 7.00. The third-order valence-electron chi connectivity index (χ3n) is 3.67. The van der Waals surface area contributed by atoms with Crippen LogP contribution in [0.1, 0.15) is 5.69 Å². The SMILES string of the molecule is Cc1nn(CC(=O)Nc2cccc3nsnc23)c(=O)n2cccc12. The van der Waals surface area contributed by atoms with E-state index in [2.05, 4.69) is 19.2 Å². The predicted molar refractivity (Wildman–Crippen MR) is 90.2 cm³/mol. The van der Waals surface area contributed by atoms with E-state index in [0.29, 0.717) is 16.9 Å². The Labute approximate surface area is 139 Å². The Morgan fingerprint density at radius 1 is 1.25 bits per heavy atom. The molecule has 0 radical (unpaired) electrons. The van der Waals surface area contributed by atoms with Gasteiger partial charge in [0.15, 0.2) is 0 Å². The second-order valence-corrected chi connectivity index (χ2v) is 5.80. The van der Waals surface area contributed by atoms with Crippen LogP contribution in [-0.4, -0.2) is 28.8 Å². The van der Waals surface area contributed by atoms with Crippen LogP contribution in [0.15, 0.2) is 41.3 Å². The lowest BCUT2D eigenvalue weighted by molar-refractivity contribution is -0.117. The first-order valence-electron chi connectivity index (χ1n) is 7.19. The molecule has 8 nitrogen and oxygen atoms in total. The molecular weight excluding hydrogens is 328 g/mol. The van der Waals surface area contributed by atoms with E-state index in [1.807, 2.05) is 12.1 Å². The lowest BCUT2D eigenvalue weighted by Gasteiger charge is -2.09. The number of fused-ring (bicyclic) bond motifs is 2. The molecule has 4 aromatic rings. The normalized spacial score (nSPS) is 11.2. The number of anilines is 1. The molecule has 0 atom stereocenters. The van der Waals surface area contributed by atoms with Crippen LogP contribution in [0.3, 0.4) is 0 Å². The monoisotopic (exact) mass is 340 g/mol. The Kier molecular flexibility index (Phi) is 3.35. The maximum atomic E-state index is 12.4. The summed E-state index contributed by atoms with van der Waals surface area (Å²) in [5.41, 5.74) is 2.97. The van der Waals surface area contributed by atoms with E-state index in [9.17, 15) is 9.59 Å². The zero-order chi connectivity index (χ0) is 16.7. The van der Waals surface area contributed by atoms with Crippen molar-refractivity contribution in [3.63, 3.8) is 0 Å². The van der Waals surface area contributed by atoms with Gasteiger partial charge in [0.05, 0.1) is 28.6 Å². The summed E-state index contributed by atoms with van der Waals surface area (Å²) in [7, 11) is 0. The smallest absolute Gasteiger partial charge is 0.322 e. The lowest BCUT2D eigenvalue weighted by Crippen LogP contribution is -2.33. The molecule has 0 fully saturated rings. The van der Waals surface area contributed by atoms with Gasteiger partial charge in [-0.1, -0.05) is 6.07 Å². The Morgan fingerprint density at radius 2 is 2.12 bits per heavy atom. The van der Waals surface area contributed by atoms with E-state index in [1.54, 1.807) is 31.3 Å². The molecule has 3 heterocycles. The second-order valence-electron chi connectivity index (χ2n) is 5.27. The lowest BCUT2D eigenvalue weighted by atomic mass is 10.2. The summed E-state index contributed by atoms with van der Waals surface area (Å²) in [5, 5.41) is 6.97. The van der Waals surface area contributed by atoms with Crippen molar-refractivity contribution in [1.29, 1.82) is 0 Å². The zero-order valence-electron chi connectivity index (χ0n) is 12.6. The molecule has 0 unspecified atom stereocenters. The maximum absolute atomic E-state index is 12.4. The Bertz CT molecular complexity index is 1130. The third kappa shape index (κ3) is 2.35. The maximum Gasteiger partial charge on any atom is 0.349 e. The first kappa shape index (κ1) is 14.5. The molecule has 0 spiro atoms. The van der Waals surface area contributed by atoms with Gasteiger partial charge >= 0.3 is 5.69 Å². The molecule has 120 valence electrons. The summed E-state index contributed by atoms with van der Waals surface area (Å²) >= 11 is 1.08. The van der Waals surface area contributed by atoms with Gasteiger partial charge in [-0.2, -0.15) is 13.8 Å². The van der Waals surface area contributed by atoms with Crippen LogP contribution in [0.2, 0.25) is 0 Å². The molecule has 9 heteroatoms. The van der Waals surface area contributed by atoms with Crippen molar-refractivity contribution in [2.24, 2.45) is 0 Å². The van der Waals surface area contributed by atoms with Crippen molar-refractivity contribution in [1.82, 2.24) is 22.9 Å². The Hall–Kier alpha value is -3.07. The van der Waals surface area contributed by atoms with Crippen molar-refractivity contribution in [2.45, 2.75) is 13.5 Å². The second kappa shape index (κ2) is 5.53. The van der Waals surface area contributed by atoms with Gasteiger partial charge in [-0.05, 0) is 31.2 Å². The van der Waals surface area contributed by atoms with Crippen LogP contribution in [0.4, 0.5) is 5.69 Å². The number of aromatic nitrogens is 5. The summed E-state index contributed by atoms with van der Waals surface area (Å²) < 4.78 is 10.9. The largest absolute Gasteiger partial charge is 0.349 e. The van der Waals surface area contributed by atoms with Crippen LogP contribution < -0.4 is 11.0 Å². The molecule has 0 aliphatic carbocycles. The van der Waals surface area contributed by atoms with Crippen molar-refractivity contribution in [3.8, 4) is 0 Å². The van der Waals surface area contributed by atoms with E-state index >= 15 is 0 Å². The van der Waals surface area contributed by atoms with Gasteiger partial charge in [-0.25, -0.2) is 9.48 Å². The number of rotatable bonds is 3. The summed E-state index contributed by atoms with van der Waals surface area (Å²) in [5.74, 6) is -0.351. The fraction of sp³-hybridized carbons (Fsp3) is 0.133. The average Bonchev–Trinajstić information content (AvgIpc) is 3.22. The highest BCUT2D eigenvalue weighted by Crippen LogP contribution is 2.20. The van der Waals surface area contributed by atoms with Crippen LogP contribution in [0.5, 0.6) is 0 Å². The molecule has 1 amide bonds. The summed E-state index contributed by atoms with van der Waals surface area (Å²) in [4.78, 5) is 24.7. The first-order chi connectivity index (χ1) is 11.6. The molecule has 0 aliphatic heterocycles. The zero-order valence-corrected chi connectivity index (χ0v) is 13.4. The van der Waals surface area contributed by atoms with E-state index in [1.165, 1.54) is 4.40 Å². The van der Waals surface area contributed by atoms with Crippen LogP contribution >= 0.6 is 11.7 Å². The number of carbonyl (C=O) groups excluding carboxylic acids is 1. The molecule has 3 aromatic heterocycles. The highest BCUT2D eigenvalue weighted by Gasteiger charge is 2.12. The van der Waals surface area contributed by atoms with Gasteiger partial charge in [-0.15, -0.1) is 0 Å². The number of benzene rings is 1. The van der Waals surface area contributed by atoms with Crippen molar-refractivity contribution in [2.75, 3.05) is 5.32 Å². The van der Waals surface area contributed by atoms with Gasteiger partial charge < -0.3 is 5.32 Å². The van der Waals surface area contributed by atoms with Gasteiger partial charge in [0, 0.05) is 6.20 Å². The van der Waals surface area contributed by atoms with E-state index in [4.69, 9.17) is 0 Å². The molecule has 4 rings (SSSR count). The standard InChI is InChI=1S/C15H12N6O2S/c1-9-12-6-3-7-20(12)15(23)21(17-9)8-13(22)16-10-4-2-5-11-14(10)19-24-18-11/h2-7H,8H2,1H3,(H,16,22). The number of carbonyl (C=O) groups is 1. The molecule has 1 N–H and O–H groups in total. The number of amides is 1. The van der Waals surface area contributed by atoms with Crippen LogP contribution in [0.25, 0.3) is 16.6 Å². The van der Waals surface area contributed by atoms with E-state index in [-0.39, 0.29) is 18.1 Å². The van der Waals surface area contributed by atoms with Crippen LogP contribution in [-0.2, 0) is 11.3 Å². The fourth-order valence-electron chi connectivity index (χ4n) is 2.58. The fourth-order valence-corrected chi connectivity index (χ4v) is 3.13. The van der Waals surface area contributed by atoms with Crippen molar-refractivity contribution >= 4 is 39.9 Å². The minimum atomic E-state index is -0.357. The van der Waals surface area contributed by atoms with Gasteiger partial charge in [0.25, 0.3) is 0 Å². The third-order valence-corrected chi connectivity index (χ3v) is 4.21. The minimum absolute atomic E-state index is 0.179. The molecule has 0 aliphatic rings. The molecule has 0 bridgehead atoms. The summed E-state index contributed by atoms with van der Waals surface area (Å²) in [6, 6.07) is 8.94. The molecule has 0 saturated carbocycles. The first-order valence-corrected chi connectivity index (χ1v) is 7.92. The van der Waals surface area contributed by atoms with Crippen molar-refractivity contribution in [3.05, 3.63) is 52.7 Å².